The first kappa shape index (κ1) is 15.7. The Balaban J connectivity index is 2.08. The molecule has 2 heterocycles. The Kier molecular flexibility index (Phi) is 5.04. The van der Waals surface area contributed by atoms with Crippen molar-refractivity contribution in [3.05, 3.63) is 0 Å². The van der Waals surface area contributed by atoms with Gasteiger partial charge in [-0.15, -0.1) is 0 Å². The van der Waals surface area contributed by atoms with Gasteiger partial charge in [-0.1, -0.05) is 6.92 Å². The first-order chi connectivity index (χ1) is 9.47. The molecule has 0 radical (unpaired) electrons. The van der Waals surface area contributed by atoms with Crippen LogP contribution in [0.25, 0.3) is 0 Å². The molecule has 6 nitrogen and oxygen atoms in total. The number of hydrogen-bond donors (Lipinski definition) is 1. The van der Waals surface area contributed by atoms with Gasteiger partial charge in [0, 0.05) is 26.2 Å². The molecule has 2 aliphatic heterocycles. The normalized spacial score (nSPS) is 27.9. The van der Waals surface area contributed by atoms with Crippen molar-refractivity contribution in [3.63, 3.8) is 0 Å². The fourth-order valence-electron chi connectivity index (χ4n) is 3.08. The van der Waals surface area contributed by atoms with Crippen LogP contribution in [0.5, 0.6) is 0 Å². The van der Waals surface area contributed by atoms with Crippen molar-refractivity contribution >= 4 is 15.9 Å². The van der Waals surface area contributed by atoms with E-state index in [2.05, 4.69) is 5.32 Å². The molecule has 0 saturated carbocycles. The van der Waals surface area contributed by atoms with Crippen LogP contribution in [0, 0.1) is 0 Å². The molecule has 20 heavy (non-hydrogen) atoms. The lowest BCUT2D eigenvalue weighted by atomic mass is 10.1. The van der Waals surface area contributed by atoms with E-state index < -0.39 is 16.1 Å². The Bertz CT molecular complexity index is 446. The second-order valence-electron chi connectivity index (χ2n) is 5.68. The lowest BCUT2D eigenvalue weighted by Gasteiger charge is -2.30. The number of sulfonamides is 1. The van der Waals surface area contributed by atoms with Crippen LogP contribution in [0.2, 0.25) is 0 Å². The summed E-state index contributed by atoms with van der Waals surface area (Å²) in [4.78, 5) is 14.3. The van der Waals surface area contributed by atoms with E-state index in [-0.39, 0.29) is 17.7 Å². The van der Waals surface area contributed by atoms with E-state index in [1.807, 2.05) is 6.92 Å². The molecule has 0 aromatic rings. The third-order valence-electron chi connectivity index (χ3n) is 4.24. The van der Waals surface area contributed by atoms with E-state index in [1.165, 1.54) is 4.31 Å². The largest absolute Gasteiger partial charge is 0.340 e. The van der Waals surface area contributed by atoms with E-state index >= 15 is 0 Å². The summed E-state index contributed by atoms with van der Waals surface area (Å²) in [5.74, 6) is 0.0850. The Morgan fingerprint density at radius 2 is 2.15 bits per heavy atom. The molecule has 1 amide bonds. The van der Waals surface area contributed by atoms with Gasteiger partial charge >= 0.3 is 0 Å². The SMILES string of the molecule is CCCS(=O)(=O)N1CCCC1C(=O)N(C)C1CCNC1. The number of carbonyl (C=O) groups is 1. The minimum Gasteiger partial charge on any atom is -0.340 e. The summed E-state index contributed by atoms with van der Waals surface area (Å²) in [5, 5.41) is 3.23. The maximum absolute atomic E-state index is 12.6. The van der Waals surface area contributed by atoms with Crippen molar-refractivity contribution in [2.75, 3.05) is 32.4 Å². The van der Waals surface area contributed by atoms with Gasteiger partial charge in [-0.3, -0.25) is 4.79 Å². The van der Waals surface area contributed by atoms with Gasteiger partial charge in [0.2, 0.25) is 15.9 Å². The second kappa shape index (κ2) is 6.41. The predicted octanol–water partition coefficient (Wildman–Crippen LogP) is 0.0109. The Labute approximate surface area is 121 Å². The lowest BCUT2D eigenvalue weighted by molar-refractivity contribution is -0.135. The lowest BCUT2D eigenvalue weighted by Crippen LogP contribution is -2.50. The standard InChI is InChI=1S/C13H25N3O3S/c1-3-9-20(18,19)16-8-4-5-12(16)13(17)15(2)11-6-7-14-10-11/h11-12,14H,3-10H2,1-2H3. The second-order valence-corrected chi connectivity index (χ2v) is 7.72. The van der Waals surface area contributed by atoms with Gasteiger partial charge in [0.1, 0.15) is 6.04 Å². The first-order valence-electron chi connectivity index (χ1n) is 7.44. The van der Waals surface area contributed by atoms with Crippen molar-refractivity contribution in [2.24, 2.45) is 0 Å². The van der Waals surface area contributed by atoms with Crippen molar-refractivity contribution in [3.8, 4) is 0 Å². The Morgan fingerprint density at radius 1 is 1.40 bits per heavy atom. The highest BCUT2D eigenvalue weighted by atomic mass is 32.2. The van der Waals surface area contributed by atoms with Crippen LogP contribution in [0.4, 0.5) is 0 Å². The zero-order valence-corrected chi connectivity index (χ0v) is 13.2. The number of nitrogens with one attached hydrogen (secondary N) is 1. The molecule has 2 unspecified atom stereocenters. The van der Waals surface area contributed by atoms with Gasteiger partial charge in [0.25, 0.3) is 0 Å². The Hall–Kier alpha value is -0.660. The third-order valence-corrected chi connectivity index (χ3v) is 6.31. The summed E-state index contributed by atoms with van der Waals surface area (Å²) in [5.41, 5.74) is 0. The summed E-state index contributed by atoms with van der Waals surface area (Å²) in [6, 6.07) is -0.295. The molecular formula is C13H25N3O3S. The first-order valence-corrected chi connectivity index (χ1v) is 9.05. The molecule has 7 heteroatoms. The Morgan fingerprint density at radius 3 is 2.75 bits per heavy atom. The van der Waals surface area contributed by atoms with Crippen LogP contribution in [0.15, 0.2) is 0 Å². The fourth-order valence-corrected chi connectivity index (χ4v) is 4.82. The van der Waals surface area contributed by atoms with Crippen LogP contribution in [-0.4, -0.2) is 68.0 Å². The molecule has 116 valence electrons. The van der Waals surface area contributed by atoms with Crippen molar-refractivity contribution < 1.29 is 13.2 Å². The van der Waals surface area contributed by atoms with Gasteiger partial charge in [0.05, 0.1) is 5.75 Å². The number of hydrogen-bond acceptors (Lipinski definition) is 4. The van der Waals surface area contributed by atoms with Gasteiger partial charge in [0.15, 0.2) is 0 Å². The van der Waals surface area contributed by atoms with Crippen LogP contribution in [0.1, 0.15) is 32.6 Å². The quantitative estimate of drug-likeness (QED) is 0.777. The van der Waals surface area contributed by atoms with Crippen LogP contribution >= 0.6 is 0 Å². The number of nitrogens with zero attached hydrogens (tertiary/aromatic N) is 2. The smallest absolute Gasteiger partial charge is 0.241 e. The van der Waals surface area contributed by atoms with Crippen LogP contribution < -0.4 is 5.32 Å². The maximum Gasteiger partial charge on any atom is 0.241 e. The number of likely N-dealkylation sites (N-methyl/N-ethyl adjacent to an activating group) is 1. The van der Waals surface area contributed by atoms with Crippen molar-refractivity contribution in [1.82, 2.24) is 14.5 Å². The van der Waals surface area contributed by atoms with Gasteiger partial charge < -0.3 is 10.2 Å². The number of carbonyl (C=O) groups excluding carboxylic acids is 1. The molecule has 2 saturated heterocycles. The highest BCUT2D eigenvalue weighted by Crippen LogP contribution is 2.24. The predicted molar refractivity (Wildman–Crippen MR) is 77.9 cm³/mol. The van der Waals surface area contributed by atoms with E-state index in [0.29, 0.717) is 19.4 Å². The van der Waals surface area contributed by atoms with Crippen molar-refractivity contribution in [2.45, 2.75) is 44.7 Å². The molecule has 2 atom stereocenters. The monoisotopic (exact) mass is 303 g/mol. The molecule has 1 N–H and O–H groups in total. The summed E-state index contributed by atoms with van der Waals surface area (Å²) < 4.78 is 25.9. The third kappa shape index (κ3) is 3.15. The highest BCUT2D eigenvalue weighted by Gasteiger charge is 2.40. The fraction of sp³-hybridized carbons (Fsp3) is 0.923. The van der Waals surface area contributed by atoms with Crippen LogP contribution in [-0.2, 0) is 14.8 Å². The molecule has 0 aromatic carbocycles. The number of amides is 1. The topological polar surface area (TPSA) is 69.7 Å². The molecule has 0 spiro atoms. The summed E-state index contributed by atoms with van der Waals surface area (Å²) >= 11 is 0. The molecule has 0 aromatic heterocycles. The molecule has 0 bridgehead atoms. The minimum absolute atomic E-state index is 0.0455. The van der Waals surface area contributed by atoms with E-state index in [9.17, 15) is 13.2 Å². The summed E-state index contributed by atoms with van der Waals surface area (Å²) in [6.45, 7) is 4.05. The van der Waals surface area contributed by atoms with E-state index in [0.717, 1.165) is 25.9 Å². The zero-order chi connectivity index (χ0) is 14.8. The average molecular weight is 303 g/mol. The molecule has 2 aliphatic rings. The molecular weight excluding hydrogens is 278 g/mol. The molecule has 2 fully saturated rings. The number of rotatable bonds is 5. The van der Waals surface area contributed by atoms with Crippen molar-refractivity contribution in [1.29, 1.82) is 0 Å². The molecule has 0 aliphatic carbocycles. The summed E-state index contributed by atoms with van der Waals surface area (Å²) in [6.07, 6.45) is 2.95. The maximum atomic E-state index is 12.6. The van der Waals surface area contributed by atoms with Crippen LogP contribution in [0.3, 0.4) is 0 Å². The highest BCUT2D eigenvalue weighted by molar-refractivity contribution is 7.89. The van der Waals surface area contributed by atoms with E-state index in [4.69, 9.17) is 0 Å². The average Bonchev–Trinajstić information content (AvgIpc) is 3.07. The van der Waals surface area contributed by atoms with Gasteiger partial charge in [-0.25, -0.2) is 8.42 Å². The van der Waals surface area contributed by atoms with E-state index in [1.54, 1.807) is 11.9 Å². The molecule has 2 rings (SSSR count). The van der Waals surface area contributed by atoms with Gasteiger partial charge in [-0.2, -0.15) is 4.31 Å². The van der Waals surface area contributed by atoms with Gasteiger partial charge in [-0.05, 0) is 32.2 Å². The minimum atomic E-state index is -3.29. The summed E-state index contributed by atoms with van der Waals surface area (Å²) in [7, 11) is -1.50. The zero-order valence-electron chi connectivity index (χ0n) is 12.3.